The lowest BCUT2D eigenvalue weighted by Crippen LogP contribution is -2.21. The molecule has 1 aliphatic heterocycles. The fourth-order valence-electron chi connectivity index (χ4n) is 1.78. The molecule has 0 unspecified atom stereocenters. The van der Waals surface area contributed by atoms with Gasteiger partial charge in [0.15, 0.2) is 16.6 Å². The molecule has 0 atom stereocenters. The first kappa shape index (κ1) is 14.8. The zero-order valence-electron chi connectivity index (χ0n) is 11.0. The van der Waals surface area contributed by atoms with Crippen LogP contribution in [0.1, 0.15) is 12.5 Å². The fourth-order valence-corrected chi connectivity index (χ4v) is 2.61. The number of carbonyl (C=O) groups is 1. The van der Waals surface area contributed by atoms with E-state index in [1.54, 1.807) is 19.3 Å². The molecule has 20 heavy (non-hydrogen) atoms. The van der Waals surface area contributed by atoms with Crippen molar-refractivity contribution in [2.24, 2.45) is 0 Å². The van der Waals surface area contributed by atoms with Gasteiger partial charge in [0.05, 0.1) is 18.2 Å². The number of nitrogens with one attached hydrogen (secondary N) is 2. The van der Waals surface area contributed by atoms with E-state index in [9.17, 15) is 4.79 Å². The Bertz CT molecular complexity index is 602. The van der Waals surface area contributed by atoms with Gasteiger partial charge in [0.2, 0.25) is 0 Å². The molecule has 0 spiro atoms. The molecule has 1 saturated heterocycles. The standard InChI is InChI=1S/C13H13BrN2O3S/c1-3-19-10-6-7(4-8(14)11(10)18-2)5-9-12(17)16-13(20)15-9/h4-6H,3H2,1-2H3,(H2,15,16,17,20). The molecule has 2 rings (SSSR count). The lowest BCUT2D eigenvalue weighted by Gasteiger charge is -2.12. The monoisotopic (exact) mass is 356 g/mol. The summed E-state index contributed by atoms with van der Waals surface area (Å²) in [6.07, 6.45) is 1.70. The van der Waals surface area contributed by atoms with Gasteiger partial charge in [-0.3, -0.25) is 10.1 Å². The molecule has 0 aromatic heterocycles. The van der Waals surface area contributed by atoms with Crippen LogP contribution in [0.2, 0.25) is 0 Å². The van der Waals surface area contributed by atoms with E-state index in [0.29, 0.717) is 28.9 Å². The van der Waals surface area contributed by atoms with Gasteiger partial charge in [0.25, 0.3) is 5.91 Å². The lowest BCUT2D eigenvalue weighted by atomic mass is 10.1. The Balaban J connectivity index is 2.40. The van der Waals surface area contributed by atoms with Crippen LogP contribution in [-0.4, -0.2) is 24.7 Å². The normalized spacial score (nSPS) is 16.1. The highest BCUT2D eigenvalue weighted by Gasteiger charge is 2.20. The largest absolute Gasteiger partial charge is 0.492 e. The minimum Gasteiger partial charge on any atom is -0.492 e. The molecule has 0 bridgehead atoms. The van der Waals surface area contributed by atoms with Crippen LogP contribution in [0.3, 0.4) is 0 Å². The second-order valence-electron chi connectivity index (χ2n) is 3.93. The van der Waals surface area contributed by atoms with E-state index >= 15 is 0 Å². The van der Waals surface area contributed by atoms with E-state index in [-0.39, 0.29) is 5.91 Å². The van der Waals surface area contributed by atoms with Gasteiger partial charge >= 0.3 is 0 Å². The van der Waals surface area contributed by atoms with Gasteiger partial charge in [0.1, 0.15) is 5.70 Å². The van der Waals surface area contributed by atoms with Crippen molar-refractivity contribution in [2.45, 2.75) is 6.92 Å². The Morgan fingerprint density at radius 2 is 2.15 bits per heavy atom. The molecule has 1 amide bonds. The van der Waals surface area contributed by atoms with Gasteiger partial charge in [-0.25, -0.2) is 0 Å². The van der Waals surface area contributed by atoms with Crippen molar-refractivity contribution in [3.05, 3.63) is 27.9 Å². The molecule has 7 heteroatoms. The van der Waals surface area contributed by atoms with Gasteiger partial charge in [0, 0.05) is 0 Å². The van der Waals surface area contributed by atoms with E-state index in [2.05, 4.69) is 26.6 Å². The molecule has 0 aliphatic carbocycles. The quantitative estimate of drug-likeness (QED) is 0.639. The summed E-state index contributed by atoms with van der Waals surface area (Å²) in [5.74, 6) is 0.977. The Kier molecular flexibility index (Phi) is 4.61. The van der Waals surface area contributed by atoms with Crippen molar-refractivity contribution < 1.29 is 14.3 Å². The second-order valence-corrected chi connectivity index (χ2v) is 5.20. The maximum atomic E-state index is 11.6. The topological polar surface area (TPSA) is 59.6 Å². The highest BCUT2D eigenvalue weighted by Crippen LogP contribution is 2.37. The third-order valence-electron chi connectivity index (χ3n) is 2.57. The van der Waals surface area contributed by atoms with E-state index in [1.165, 1.54) is 0 Å². The summed E-state index contributed by atoms with van der Waals surface area (Å²) in [6.45, 7) is 2.41. The predicted molar refractivity (Wildman–Crippen MR) is 83.7 cm³/mol. The molecular formula is C13H13BrN2O3S. The molecule has 0 saturated carbocycles. The molecule has 1 aromatic carbocycles. The van der Waals surface area contributed by atoms with E-state index in [4.69, 9.17) is 21.7 Å². The van der Waals surface area contributed by atoms with Gasteiger partial charge in [-0.2, -0.15) is 0 Å². The minimum absolute atomic E-state index is 0.250. The van der Waals surface area contributed by atoms with E-state index < -0.39 is 0 Å². The molecule has 2 N–H and O–H groups in total. The SMILES string of the molecule is CCOc1cc(C=C2NC(=S)NC2=O)cc(Br)c1OC. The van der Waals surface area contributed by atoms with Crippen LogP contribution in [0.5, 0.6) is 11.5 Å². The Morgan fingerprint density at radius 3 is 2.70 bits per heavy atom. The lowest BCUT2D eigenvalue weighted by molar-refractivity contribution is -0.115. The first-order valence-electron chi connectivity index (χ1n) is 5.89. The molecule has 106 valence electrons. The zero-order valence-corrected chi connectivity index (χ0v) is 13.4. The number of thiocarbonyl (C=S) groups is 1. The Hall–Kier alpha value is -1.60. The summed E-state index contributed by atoms with van der Waals surface area (Å²) in [5.41, 5.74) is 1.19. The van der Waals surface area contributed by atoms with Crippen LogP contribution in [0.25, 0.3) is 6.08 Å². The zero-order chi connectivity index (χ0) is 14.7. The first-order valence-corrected chi connectivity index (χ1v) is 7.09. The number of hydrogen-bond donors (Lipinski definition) is 2. The van der Waals surface area contributed by atoms with Crippen LogP contribution in [0, 0.1) is 0 Å². The molecule has 1 aliphatic rings. The highest BCUT2D eigenvalue weighted by molar-refractivity contribution is 9.10. The summed E-state index contributed by atoms with van der Waals surface area (Å²) in [7, 11) is 1.57. The van der Waals surface area contributed by atoms with Gasteiger partial charge in [-0.15, -0.1) is 0 Å². The number of methoxy groups -OCH3 is 1. The molecule has 1 fully saturated rings. The van der Waals surface area contributed by atoms with Crippen LogP contribution < -0.4 is 20.1 Å². The van der Waals surface area contributed by atoms with Crippen molar-refractivity contribution >= 4 is 45.2 Å². The van der Waals surface area contributed by atoms with Gasteiger partial charge in [-0.05, 0) is 58.8 Å². The molecule has 5 nitrogen and oxygen atoms in total. The average Bonchev–Trinajstić information content (AvgIpc) is 2.68. The number of benzene rings is 1. The minimum atomic E-state index is -0.250. The number of amides is 1. The van der Waals surface area contributed by atoms with Crippen molar-refractivity contribution in [3.63, 3.8) is 0 Å². The summed E-state index contributed by atoms with van der Waals surface area (Å²) in [6, 6.07) is 3.64. The average molecular weight is 357 g/mol. The predicted octanol–water partition coefficient (Wildman–Crippen LogP) is 2.20. The summed E-state index contributed by atoms with van der Waals surface area (Å²) >= 11 is 8.31. The molecule has 1 aromatic rings. The number of carbonyl (C=O) groups excluding carboxylic acids is 1. The van der Waals surface area contributed by atoms with Crippen LogP contribution >= 0.6 is 28.1 Å². The fraction of sp³-hybridized carbons (Fsp3) is 0.231. The van der Waals surface area contributed by atoms with Crippen molar-refractivity contribution in [2.75, 3.05) is 13.7 Å². The third-order valence-corrected chi connectivity index (χ3v) is 3.36. The molecular weight excluding hydrogens is 344 g/mol. The number of halogens is 1. The van der Waals surface area contributed by atoms with Crippen molar-refractivity contribution in [3.8, 4) is 11.5 Å². The second kappa shape index (κ2) is 6.23. The van der Waals surface area contributed by atoms with Crippen LogP contribution in [-0.2, 0) is 4.79 Å². The molecule has 0 radical (unpaired) electrons. The summed E-state index contributed by atoms with van der Waals surface area (Å²) in [5, 5.41) is 5.61. The number of hydrogen-bond acceptors (Lipinski definition) is 4. The Morgan fingerprint density at radius 1 is 1.40 bits per heavy atom. The van der Waals surface area contributed by atoms with E-state index in [0.717, 1.165) is 10.0 Å². The maximum Gasteiger partial charge on any atom is 0.273 e. The highest BCUT2D eigenvalue weighted by atomic mass is 79.9. The smallest absolute Gasteiger partial charge is 0.273 e. The molecule has 1 heterocycles. The third kappa shape index (κ3) is 3.10. The Labute approximate surface area is 130 Å². The van der Waals surface area contributed by atoms with E-state index in [1.807, 2.05) is 13.0 Å². The van der Waals surface area contributed by atoms with Crippen LogP contribution in [0.15, 0.2) is 22.3 Å². The summed E-state index contributed by atoms with van der Waals surface area (Å²) in [4.78, 5) is 11.6. The van der Waals surface area contributed by atoms with Gasteiger partial charge in [-0.1, -0.05) is 0 Å². The van der Waals surface area contributed by atoms with Crippen LogP contribution in [0.4, 0.5) is 0 Å². The maximum absolute atomic E-state index is 11.6. The van der Waals surface area contributed by atoms with Crippen molar-refractivity contribution in [1.29, 1.82) is 0 Å². The first-order chi connectivity index (χ1) is 9.55. The van der Waals surface area contributed by atoms with Crippen molar-refractivity contribution in [1.82, 2.24) is 10.6 Å². The number of rotatable bonds is 4. The summed E-state index contributed by atoms with van der Waals surface area (Å²) < 4.78 is 11.6. The van der Waals surface area contributed by atoms with Gasteiger partial charge < -0.3 is 14.8 Å². The number of ether oxygens (including phenoxy) is 2.